The van der Waals surface area contributed by atoms with Gasteiger partial charge in [-0.05, 0) is 38.9 Å². The number of benzene rings is 1. The van der Waals surface area contributed by atoms with Crippen molar-refractivity contribution in [3.63, 3.8) is 0 Å². The number of nitrogens with zero attached hydrogens (tertiary/aromatic N) is 1. The van der Waals surface area contributed by atoms with Gasteiger partial charge in [-0.2, -0.15) is 0 Å². The van der Waals surface area contributed by atoms with Gasteiger partial charge in [0.25, 0.3) is 0 Å². The van der Waals surface area contributed by atoms with Crippen molar-refractivity contribution < 1.29 is 0 Å². The first-order valence-corrected chi connectivity index (χ1v) is 7.69. The highest BCUT2D eigenvalue weighted by Crippen LogP contribution is 2.24. The topological polar surface area (TPSA) is 15.3 Å². The van der Waals surface area contributed by atoms with Crippen molar-refractivity contribution >= 4 is 0 Å². The van der Waals surface area contributed by atoms with Crippen LogP contribution in [0.3, 0.4) is 0 Å². The van der Waals surface area contributed by atoms with E-state index in [-0.39, 0.29) is 0 Å². The van der Waals surface area contributed by atoms with E-state index in [0.717, 1.165) is 6.54 Å². The number of hydrogen-bond acceptors (Lipinski definition) is 2. The second-order valence-electron chi connectivity index (χ2n) is 5.33. The highest BCUT2D eigenvalue weighted by atomic mass is 15.2. The Kier molecular flexibility index (Phi) is 7.76. The summed E-state index contributed by atoms with van der Waals surface area (Å²) in [4.78, 5) is 2.66. The van der Waals surface area contributed by atoms with Crippen LogP contribution in [0.15, 0.2) is 30.3 Å². The van der Waals surface area contributed by atoms with Crippen molar-refractivity contribution in [3.8, 4) is 0 Å². The standard InChI is InChI=1S/C17H30N2/c1-5-7-13-19(15(3)6-2)17(14-18-4)16-11-9-8-10-12-16/h8-12,15,17-18H,5-7,13-14H2,1-4H3. The van der Waals surface area contributed by atoms with Crippen LogP contribution in [-0.2, 0) is 0 Å². The molecule has 1 aromatic carbocycles. The molecule has 0 amide bonds. The Morgan fingerprint density at radius 1 is 1.16 bits per heavy atom. The third-order valence-electron chi connectivity index (χ3n) is 3.91. The molecule has 0 bridgehead atoms. The number of hydrogen-bond donors (Lipinski definition) is 1. The molecule has 0 heterocycles. The lowest BCUT2D eigenvalue weighted by Crippen LogP contribution is -2.41. The Hall–Kier alpha value is -0.860. The summed E-state index contributed by atoms with van der Waals surface area (Å²) in [6.45, 7) is 9.10. The summed E-state index contributed by atoms with van der Waals surface area (Å²) in [7, 11) is 2.05. The Morgan fingerprint density at radius 2 is 1.84 bits per heavy atom. The van der Waals surface area contributed by atoms with Gasteiger partial charge in [-0.15, -0.1) is 0 Å². The van der Waals surface area contributed by atoms with E-state index in [2.05, 4.69) is 61.3 Å². The van der Waals surface area contributed by atoms with Gasteiger partial charge in [0, 0.05) is 18.6 Å². The van der Waals surface area contributed by atoms with Gasteiger partial charge in [0.05, 0.1) is 0 Å². The van der Waals surface area contributed by atoms with Gasteiger partial charge in [0.15, 0.2) is 0 Å². The summed E-state index contributed by atoms with van der Waals surface area (Å²) in [6.07, 6.45) is 3.74. The number of likely N-dealkylation sites (N-methyl/N-ethyl adjacent to an activating group) is 1. The van der Waals surface area contributed by atoms with Gasteiger partial charge < -0.3 is 5.32 Å². The zero-order valence-corrected chi connectivity index (χ0v) is 13.0. The van der Waals surface area contributed by atoms with Crippen molar-refractivity contribution in [1.82, 2.24) is 10.2 Å². The summed E-state index contributed by atoms with van der Waals surface area (Å²) < 4.78 is 0. The van der Waals surface area contributed by atoms with E-state index in [0.29, 0.717) is 12.1 Å². The molecule has 2 atom stereocenters. The fourth-order valence-electron chi connectivity index (χ4n) is 2.55. The largest absolute Gasteiger partial charge is 0.318 e. The Balaban J connectivity index is 2.90. The second-order valence-corrected chi connectivity index (χ2v) is 5.33. The van der Waals surface area contributed by atoms with Crippen molar-refractivity contribution in [1.29, 1.82) is 0 Å². The zero-order valence-electron chi connectivity index (χ0n) is 13.0. The molecule has 0 aliphatic rings. The lowest BCUT2D eigenvalue weighted by molar-refractivity contribution is 0.136. The summed E-state index contributed by atoms with van der Waals surface area (Å²) in [5.74, 6) is 0. The molecule has 0 radical (unpaired) electrons. The van der Waals surface area contributed by atoms with E-state index in [1.807, 2.05) is 7.05 Å². The lowest BCUT2D eigenvalue weighted by Gasteiger charge is -2.36. The van der Waals surface area contributed by atoms with Crippen molar-refractivity contribution in [2.75, 3.05) is 20.1 Å². The summed E-state index contributed by atoms with van der Waals surface area (Å²) >= 11 is 0. The number of rotatable bonds is 9. The van der Waals surface area contributed by atoms with Crippen LogP contribution in [0, 0.1) is 0 Å². The van der Waals surface area contributed by atoms with Crippen LogP contribution in [-0.4, -0.2) is 31.1 Å². The number of nitrogens with one attached hydrogen (secondary N) is 1. The van der Waals surface area contributed by atoms with Crippen LogP contribution >= 0.6 is 0 Å². The molecule has 0 aliphatic heterocycles. The highest BCUT2D eigenvalue weighted by molar-refractivity contribution is 5.19. The maximum atomic E-state index is 3.36. The minimum atomic E-state index is 0.479. The summed E-state index contributed by atoms with van der Waals surface area (Å²) in [5.41, 5.74) is 1.42. The van der Waals surface area contributed by atoms with Crippen LogP contribution in [0.1, 0.15) is 51.6 Å². The minimum absolute atomic E-state index is 0.479. The van der Waals surface area contributed by atoms with Gasteiger partial charge >= 0.3 is 0 Å². The fraction of sp³-hybridized carbons (Fsp3) is 0.647. The molecule has 0 saturated heterocycles. The van der Waals surface area contributed by atoms with Gasteiger partial charge in [0.2, 0.25) is 0 Å². The highest BCUT2D eigenvalue weighted by Gasteiger charge is 2.22. The molecule has 2 nitrogen and oxygen atoms in total. The first-order valence-electron chi connectivity index (χ1n) is 7.69. The Bertz CT molecular complexity index is 323. The molecule has 1 aromatic rings. The summed E-state index contributed by atoms with van der Waals surface area (Å²) in [5, 5.41) is 3.36. The Labute approximate surface area is 119 Å². The van der Waals surface area contributed by atoms with Crippen molar-refractivity contribution in [2.24, 2.45) is 0 Å². The quantitative estimate of drug-likeness (QED) is 0.727. The normalized spacial score (nSPS) is 14.6. The molecule has 0 fully saturated rings. The first kappa shape index (κ1) is 16.2. The third kappa shape index (κ3) is 4.96. The summed E-state index contributed by atoms with van der Waals surface area (Å²) in [6, 6.07) is 12.0. The molecule has 0 saturated carbocycles. The predicted molar refractivity (Wildman–Crippen MR) is 84.5 cm³/mol. The van der Waals surface area contributed by atoms with Crippen LogP contribution in [0.2, 0.25) is 0 Å². The van der Waals surface area contributed by atoms with E-state index in [1.165, 1.54) is 31.4 Å². The van der Waals surface area contributed by atoms with E-state index in [4.69, 9.17) is 0 Å². The molecule has 108 valence electrons. The van der Waals surface area contributed by atoms with Gasteiger partial charge in [0.1, 0.15) is 0 Å². The third-order valence-corrected chi connectivity index (χ3v) is 3.91. The smallest absolute Gasteiger partial charge is 0.0475 e. The van der Waals surface area contributed by atoms with Crippen LogP contribution in [0.4, 0.5) is 0 Å². The van der Waals surface area contributed by atoms with E-state index >= 15 is 0 Å². The minimum Gasteiger partial charge on any atom is -0.318 e. The monoisotopic (exact) mass is 262 g/mol. The fourth-order valence-corrected chi connectivity index (χ4v) is 2.55. The first-order chi connectivity index (χ1) is 9.24. The number of unbranched alkanes of at least 4 members (excludes halogenated alkanes) is 1. The molecule has 0 aromatic heterocycles. The molecular weight excluding hydrogens is 232 g/mol. The van der Waals surface area contributed by atoms with Crippen LogP contribution in [0.5, 0.6) is 0 Å². The molecule has 2 heteroatoms. The average molecular weight is 262 g/mol. The van der Waals surface area contributed by atoms with E-state index < -0.39 is 0 Å². The van der Waals surface area contributed by atoms with Crippen molar-refractivity contribution in [2.45, 2.75) is 52.1 Å². The molecule has 0 aliphatic carbocycles. The van der Waals surface area contributed by atoms with Crippen LogP contribution < -0.4 is 5.32 Å². The van der Waals surface area contributed by atoms with Crippen molar-refractivity contribution in [3.05, 3.63) is 35.9 Å². The van der Waals surface area contributed by atoms with Crippen LogP contribution in [0.25, 0.3) is 0 Å². The second kappa shape index (κ2) is 9.11. The average Bonchev–Trinajstić information content (AvgIpc) is 2.47. The Morgan fingerprint density at radius 3 is 2.37 bits per heavy atom. The van der Waals surface area contributed by atoms with Gasteiger partial charge in [-0.1, -0.05) is 50.6 Å². The van der Waals surface area contributed by atoms with Gasteiger partial charge in [-0.25, -0.2) is 0 Å². The van der Waals surface area contributed by atoms with E-state index in [9.17, 15) is 0 Å². The zero-order chi connectivity index (χ0) is 14.1. The van der Waals surface area contributed by atoms with Gasteiger partial charge in [-0.3, -0.25) is 4.90 Å². The SMILES string of the molecule is CCCCN(C(C)CC)C(CNC)c1ccccc1. The maximum Gasteiger partial charge on any atom is 0.0475 e. The predicted octanol–water partition coefficient (Wildman–Crippen LogP) is 3.85. The molecule has 19 heavy (non-hydrogen) atoms. The molecule has 2 unspecified atom stereocenters. The molecule has 0 spiro atoms. The van der Waals surface area contributed by atoms with E-state index in [1.54, 1.807) is 0 Å². The molecule has 1 N–H and O–H groups in total. The lowest BCUT2D eigenvalue weighted by atomic mass is 10.0. The maximum absolute atomic E-state index is 3.36. The molecular formula is C17H30N2. The molecule has 1 rings (SSSR count).